The summed E-state index contributed by atoms with van der Waals surface area (Å²) in [6.45, 7) is 1.40. The summed E-state index contributed by atoms with van der Waals surface area (Å²) >= 11 is 5.12. The standard InChI is InChI=1S/C5H5ClO/c1-5(7)3-2-4-6/h4H2,1H3. The minimum absolute atomic E-state index is 0.138. The smallest absolute Gasteiger partial charge is 0.202 e. The molecule has 0 atom stereocenters. The number of ketones is 1. The Bertz CT molecular complexity index is 118. The molecule has 0 amide bonds. The van der Waals surface area contributed by atoms with Crippen molar-refractivity contribution in [3.8, 4) is 11.8 Å². The maximum atomic E-state index is 9.97. The fourth-order valence-electron chi connectivity index (χ4n) is 0.158. The van der Waals surface area contributed by atoms with Gasteiger partial charge >= 0.3 is 0 Å². The van der Waals surface area contributed by atoms with Gasteiger partial charge in [-0.05, 0) is 5.92 Å². The molecule has 2 heteroatoms. The number of halogens is 1. The van der Waals surface area contributed by atoms with Gasteiger partial charge in [-0.15, -0.1) is 11.6 Å². The summed E-state index contributed by atoms with van der Waals surface area (Å²) < 4.78 is 0. The van der Waals surface area contributed by atoms with E-state index in [1.54, 1.807) is 0 Å². The molecule has 0 aromatic heterocycles. The maximum Gasteiger partial charge on any atom is 0.202 e. The highest BCUT2D eigenvalue weighted by Gasteiger charge is 1.74. The first-order valence-electron chi connectivity index (χ1n) is 1.82. The van der Waals surface area contributed by atoms with Crippen molar-refractivity contribution in [1.82, 2.24) is 0 Å². The van der Waals surface area contributed by atoms with E-state index in [2.05, 4.69) is 11.8 Å². The maximum absolute atomic E-state index is 9.97. The largest absolute Gasteiger partial charge is 0.285 e. The molecule has 0 saturated carbocycles. The van der Waals surface area contributed by atoms with Crippen LogP contribution < -0.4 is 0 Å². The van der Waals surface area contributed by atoms with Gasteiger partial charge in [-0.3, -0.25) is 4.79 Å². The van der Waals surface area contributed by atoms with Crippen molar-refractivity contribution in [1.29, 1.82) is 0 Å². The predicted molar refractivity (Wildman–Crippen MR) is 29.2 cm³/mol. The number of Topliss-reactive ketones (excluding diaryl/α,β-unsaturated/α-hetero) is 1. The lowest BCUT2D eigenvalue weighted by molar-refractivity contribution is -0.111. The molecular weight excluding hydrogens is 112 g/mol. The monoisotopic (exact) mass is 116 g/mol. The van der Waals surface area contributed by atoms with Crippen LogP contribution in [-0.4, -0.2) is 11.7 Å². The van der Waals surface area contributed by atoms with E-state index >= 15 is 0 Å². The first-order chi connectivity index (χ1) is 3.27. The van der Waals surface area contributed by atoms with Crippen LogP contribution in [0.2, 0.25) is 0 Å². The number of alkyl halides is 1. The Morgan fingerprint density at radius 2 is 2.43 bits per heavy atom. The molecule has 0 N–H and O–H groups in total. The number of carbonyl (C=O) groups excluding carboxylic acids is 1. The molecule has 1 nitrogen and oxygen atoms in total. The normalized spacial score (nSPS) is 6.57. The SMILES string of the molecule is CC(=O)C#CCCl. The third-order valence-corrected chi connectivity index (χ3v) is 0.465. The first kappa shape index (κ1) is 6.52. The van der Waals surface area contributed by atoms with Gasteiger partial charge in [-0.1, -0.05) is 5.92 Å². The Morgan fingerprint density at radius 1 is 1.86 bits per heavy atom. The van der Waals surface area contributed by atoms with Gasteiger partial charge in [0.15, 0.2) is 0 Å². The lowest BCUT2D eigenvalue weighted by Gasteiger charge is -1.65. The van der Waals surface area contributed by atoms with Crippen LogP contribution in [0.3, 0.4) is 0 Å². The Morgan fingerprint density at radius 3 is 2.57 bits per heavy atom. The zero-order chi connectivity index (χ0) is 5.70. The van der Waals surface area contributed by atoms with Crippen molar-refractivity contribution in [2.75, 3.05) is 5.88 Å². The molecule has 0 fully saturated rings. The van der Waals surface area contributed by atoms with E-state index in [9.17, 15) is 4.79 Å². The highest BCUT2D eigenvalue weighted by Crippen LogP contribution is 1.67. The quantitative estimate of drug-likeness (QED) is 0.260. The molecular formula is C5H5ClO. The summed E-state index contributed by atoms with van der Waals surface area (Å²) in [7, 11) is 0. The van der Waals surface area contributed by atoms with E-state index in [1.165, 1.54) is 6.92 Å². The molecule has 0 aliphatic rings. The highest BCUT2D eigenvalue weighted by molar-refractivity contribution is 6.19. The number of hydrogen-bond donors (Lipinski definition) is 0. The molecule has 0 aliphatic heterocycles. The van der Waals surface area contributed by atoms with E-state index in [0.29, 0.717) is 0 Å². The number of rotatable bonds is 0. The van der Waals surface area contributed by atoms with Crippen LogP contribution in [0, 0.1) is 11.8 Å². The summed E-state index contributed by atoms with van der Waals surface area (Å²) in [5.74, 6) is 4.79. The van der Waals surface area contributed by atoms with Gasteiger partial charge in [-0.2, -0.15) is 0 Å². The molecule has 0 heterocycles. The first-order valence-corrected chi connectivity index (χ1v) is 2.36. The zero-order valence-electron chi connectivity index (χ0n) is 3.99. The molecule has 0 aromatic rings. The second-order valence-electron chi connectivity index (χ2n) is 0.992. The van der Waals surface area contributed by atoms with Gasteiger partial charge < -0.3 is 0 Å². The molecule has 0 saturated heterocycles. The fraction of sp³-hybridized carbons (Fsp3) is 0.400. The van der Waals surface area contributed by atoms with Gasteiger partial charge in [0.25, 0.3) is 0 Å². The summed E-state index contributed by atoms with van der Waals surface area (Å²) in [6.07, 6.45) is 0. The molecule has 0 spiro atoms. The molecule has 0 unspecified atom stereocenters. The summed E-state index contributed by atoms with van der Waals surface area (Å²) in [4.78, 5) is 9.97. The van der Waals surface area contributed by atoms with Gasteiger partial charge in [-0.25, -0.2) is 0 Å². The highest BCUT2D eigenvalue weighted by atomic mass is 35.5. The average Bonchev–Trinajstić information content (AvgIpc) is 1.61. The van der Waals surface area contributed by atoms with Crippen LogP contribution in [-0.2, 0) is 4.79 Å². The Labute approximate surface area is 47.7 Å². The van der Waals surface area contributed by atoms with Crippen molar-refractivity contribution >= 4 is 17.4 Å². The topological polar surface area (TPSA) is 17.1 Å². The van der Waals surface area contributed by atoms with Crippen LogP contribution in [0.25, 0.3) is 0 Å². The second kappa shape index (κ2) is 3.70. The van der Waals surface area contributed by atoms with Crippen molar-refractivity contribution in [2.45, 2.75) is 6.92 Å². The Hall–Kier alpha value is -0.480. The van der Waals surface area contributed by atoms with Gasteiger partial charge in [0.05, 0.1) is 5.88 Å². The van der Waals surface area contributed by atoms with Crippen LogP contribution in [0.5, 0.6) is 0 Å². The lowest BCUT2D eigenvalue weighted by atomic mass is 10.4. The van der Waals surface area contributed by atoms with Crippen molar-refractivity contribution in [3.05, 3.63) is 0 Å². The Kier molecular flexibility index (Phi) is 3.45. The van der Waals surface area contributed by atoms with E-state index in [0.717, 1.165) is 0 Å². The fourth-order valence-corrected chi connectivity index (χ4v) is 0.225. The van der Waals surface area contributed by atoms with Crippen LogP contribution in [0.15, 0.2) is 0 Å². The van der Waals surface area contributed by atoms with Gasteiger partial charge in [0, 0.05) is 6.92 Å². The zero-order valence-corrected chi connectivity index (χ0v) is 4.75. The van der Waals surface area contributed by atoms with Gasteiger partial charge in [0.1, 0.15) is 0 Å². The summed E-state index contributed by atoms with van der Waals surface area (Å²) in [5.41, 5.74) is 0. The third kappa shape index (κ3) is 5.52. The minimum atomic E-state index is -0.138. The number of hydrogen-bond acceptors (Lipinski definition) is 1. The van der Waals surface area contributed by atoms with Crippen LogP contribution in [0.4, 0.5) is 0 Å². The molecule has 0 radical (unpaired) electrons. The van der Waals surface area contributed by atoms with E-state index < -0.39 is 0 Å². The second-order valence-corrected chi connectivity index (χ2v) is 1.26. The van der Waals surface area contributed by atoms with Crippen molar-refractivity contribution in [2.24, 2.45) is 0 Å². The van der Waals surface area contributed by atoms with Crippen molar-refractivity contribution in [3.63, 3.8) is 0 Å². The molecule has 7 heavy (non-hydrogen) atoms. The van der Waals surface area contributed by atoms with Crippen LogP contribution >= 0.6 is 11.6 Å². The van der Waals surface area contributed by atoms with Gasteiger partial charge in [0.2, 0.25) is 5.78 Å². The predicted octanol–water partition coefficient (Wildman–Crippen LogP) is 0.818. The molecule has 0 bridgehead atoms. The molecule has 0 rings (SSSR count). The Balaban J connectivity index is 3.45. The van der Waals surface area contributed by atoms with E-state index in [1.807, 2.05) is 0 Å². The minimum Gasteiger partial charge on any atom is -0.285 e. The van der Waals surface area contributed by atoms with Crippen molar-refractivity contribution < 1.29 is 4.79 Å². The molecule has 0 aliphatic carbocycles. The van der Waals surface area contributed by atoms with E-state index in [4.69, 9.17) is 11.6 Å². The number of carbonyl (C=O) groups is 1. The summed E-state index contributed by atoms with van der Waals surface area (Å²) in [6, 6.07) is 0. The lowest BCUT2D eigenvalue weighted by Crippen LogP contribution is -1.79. The third-order valence-electron chi connectivity index (χ3n) is 0.331. The summed E-state index contributed by atoms with van der Waals surface area (Å²) in [5, 5.41) is 0. The molecule has 38 valence electrons. The molecule has 0 aromatic carbocycles. The van der Waals surface area contributed by atoms with Crippen LogP contribution in [0.1, 0.15) is 6.92 Å². The average molecular weight is 117 g/mol. The van der Waals surface area contributed by atoms with E-state index in [-0.39, 0.29) is 11.7 Å².